The van der Waals surface area contributed by atoms with Gasteiger partial charge in [-0.3, -0.25) is 4.79 Å². The molecular weight excluding hydrogens is 398 g/mol. The van der Waals surface area contributed by atoms with Gasteiger partial charge in [0.1, 0.15) is 0 Å². The summed E-state index contributed by atoms with van der Waals surface area (Å²) in [5, 5.41) is 12.7. The first-order chi connectivity index (χ1) is 15.6. The molecule has 1 rings (SSSR count). The molecule has 1 aromatic rings. The molecule has 1 aromatic carbocycles. The minimum Gasteiger partial charge on any atom is -0.504 e. The smallest absolute Gasteiger partial charge is 0.224 e. The van der Waals surface area contributed by atoms with Gasteiger partial charge in [0.05, 0.1) is 7.11 Å². The highest BCUT2D eigenvalue weighted by Crippen LogP contribution is 2.26. The third kappa shape index (κ3) is 13.5. The number of allylic oxidation sites excluding steroid dienone is 7. The molecule has 1 amide bonds. The molecular formula is C28H41NO3. The highest BCUT2D eigenvalue weighted by atomic mass is 16.5. The number of aromatic hydroxyl groups is 1. The number of ether oxygens (including phenoxy) is 1. The molecule has 0 spiro atoms. The van der Waals surface area contributed by atoms with E-state index in [1.54, 1.807) is 12.1 Å². The van der Waals surface area contributed by atoms with Crippen LogP contribution >= 0.6 is 0 Å². The summed E-state index contributed by atoms with van der Waals surface area (Å²) in [4.78, 5) is 12.1. The molecule has 0 aliphatic heterocycles. The van der Waals surface area contributed by atoms with Crippen LogP contribution in [-0.4, -0.2) is 24.2 Å². The van der Waals surface area contributed by atoms with Crippen LogP contribution in [0.4, 0.5) is 0 Å². The number of carbonyl (C=O) groups is 1. The lowest BCUT2D eigenvalue weighted by Crippen LogP contribution is -2.33. The molecule has 0 fully saturated rings. The van der Waals surface area contributed by atoms with Gasteiger partial charge in [-0.25, -0.2) is 0 Å². The van der Waals surface area contributed by atoms with E-state index >= 15 is 0 Å². The van der Waals surface area contributed by atoms with Gasteiger partial charge in [0.2, 0.25) is 5.91 Å². The van der Waals surface area contributed by atoms with Gasteiger partial charge in [-0.05, 0) is 43.9 Å². The summed E-state index contributed by atoms with van der Waals surface area (Å²) in [6.45, 7) is 4.21. The summed E-state index contributed by atoms with van der Waals surface area (Å²) in [6.07, 6.45) is 26.1. The average molecular weight is 440 g/mol. The summed E-state index contributed by atoms with van der Waals surface area (Å²) in [7, 11) is 1.52. The van der Waals surface area contributed by atoms with Crippen molar-refractivity contribution in [2.45, 2.75) is 77.7 Å². The molecule has 0 aliphatic rings. The van der Waals surface area contributed by atoms with E-state index < -0.39 is 0 Å². The number of unbranched alkanes of at least 4 members (excludes halogenated alkanes) is 6. The van der Waals surface area contributed by atoms with E-state index in [1.807, 2.05) is 49.4 Å². The van der Waals surface area contributed by atoms with Crippen LogP contribution in [0.3, 0.4) is 0 Å². The molecule has 4 nitrogen and oxygen atoms in total. The van der Waals surface area contributed by atoms with E-state index in [0.717, 1.165) is 12.0 Å². The Bertz CT molecular complexity index is 762. The molecule has 0 saturated carbocycles. The first kappa shape index (κ1) is 27.3. The molecule has 1 atom stereocenters. The highest BCUT2D eigenvalue weighted by molar-refractivity contribution is 5.77. The fourth-order valence-corrected chi connectivity index (χ4v) is 3.31. The van der Waals surface area contributed by atoms with Gasteiger partial charge in [0.15, 0.2) is 11.5 Å². The van der Waals surface area contributed by atoms with Crippen LogP contribution in [-0.2, 0) is 11.2 Å². The van der Waals surface area contributed by atoms with Crippen molar-refractivity contribution in [3.05, 3.63) is 72.4 Å². The number of hydrogen-bond donors (Lipinski definition) is 2. The lowest BCUT2D eigenvalue weighted by Gasteiger charge is -2.14. The highest BCUT2D eigenvalue weighted by Gasteiger charge is 2.09. The largest absolute Gasteiger partial charge is 0.504 e. The third-order valence-corrected chi connectivity index (χ3v) is 5.05. The molecule has 1 unspecified atom stereocenters. The Morgan fingerprint density at radius 1 is 1.00 bits per heavy atom. The number of nitrogens with one attached hydrogen (secondary N) is 1. The molecule has 0 radical (unpaired) electrons. The van der Waals surface area contributed by atoms with Crippen LogP contribution in [0.2, 0.25) is 0 Å². The van der Waals surface area contributed by atoms with E-state index in [0.29, 0.717) is 18.6 Å². The molecule has 0 aromatic heterocycles. The first-order valence-corrected chi connectivity index (χ1v) is 11.9. The summed E-state index contributed by atoms with van der Waals surface area (Å²) in [6, 6.07) is 5.23. The Hall–Kier alpha value is -2.75. The van der Waals surface area contributed by atoms with Gasteiger partial charge in [0.25, 0.3) is 0 Å². The summed E-state index contributed by atoms with van der Waals surface area (Å²) in [5.41, 5.74) is 0.999. The molecule has 2 N–H and O–H groups in total. The predicted molar refractivity (Wildman–Crippen MR) is 135 cm³/mol. The molecule has 0 aliphatic carbocycles. The normalized spacial score (nSPS) is 13.0. The number of rotatable bonds is 16. The van der Waals surface area contributed by atoms with E-state index in [4.69, 9.17) is 4.74 Å². The Morgan fingerprint density at radius 3 is 2.38 bits per heavy atom. The molecule has 176 valence electrons. The molecule has 0 bridgehead atoms. The second-order valence-corrected chi connectivity index (χ2v) is 8.07. The van der Waals surface area contributed by atoms with Gasteiger partial charge >= 0.3 is 0 Å². The number of amides is 1. The third-order valence-electron chi connectivity index (χ3n) is 5.05. The second kappa shape index (κ2) is 17.9. The number of phenolic OH excluding ortho intramolecular Hbond substituents is 1. The van der Waals surface area contributed by atoms with E-state index in [-0.39, 0.29) is 17.7 Å². The maximum Gasteiger partial charge on any atom is 0.224 e. The summed E-state index contributed by atoms with van der Waals surface area (Å²) >= 11 is 0. The van der Waals surface area contributed by atoms with Gasteiger partial charge < -0.3 is 15.2 Å². The number of phenols is 1. The van der Waals surface area contributed by atoms with Crippen LogP contribution in [0.15, 0.2) is 66.8 Å². The van der Waals surface area contributed by atoms with E-state index in [1.165, 1.54) is 45.6 Å². The van der Waals surface area contributed by atoms with Crippen molar-refractivity contribution in [1.29, 1.82) is 0 Å². The maximum absolute atomic E-state index is 12.1. The fourth-order valence-electron chi connectivity index (χ4n) is 3.31. The molecule has 0 heterocycles. The minimum absolute atomic E-state index is 0.00764. The Kier molecular flexibility index (Phi) is 15.2. The van der Waals surface area contributed by atoms with Crippen LogP contribution in [0, 0.1) is 0 Å². The SMILES string of the molecule is CCCCCCCC/C=C/C=C\C=C\C=C\CC(=O)NC(C)Cc1ccc(O)c(OC)c1. The quantitative estimate of drug-likeness (QED) is 0.220. The zero-order valence-corrected chi connectivity index (χ0v) is 20.1. The molecule has 0 saturated heterocycles. The van der Waals surface area contributed by atoms with Crippen LogP contribution in [0.1, 0.15) is 70.8 Å². The number of hydrogen-bond acceptors (Lipinski definition) is 3. The zero-order chi connectivity index (χ0) is 23.4. The number of methoxy groups -OCH3 is 1. The molecule has 32 heavy (non-hydrogen) atoms. The van der Waals surface area contributed by atoms with Crippen molar-refractivity contribution >= 4 is 5.91 Å². The zero-order valence-electron chi connectivity index (χ0n) is 20.1. The van der Waals surface area contributed by atoms with Crippen LogP contribution < -0.4 is 10.1 Å². The lowest BCUT2D eigenvalue weighted by molar-refractivity contribution is -0.120. The first-order valence-electron chi connectivity index (χ1n) is 11.9. The van der Waals surface area contributed by atoms with Gasteiger partial charge in [-0.2, -0.15) is 0 Å². The molecule has 4 heteroatoms. The topological polar surface area (TPSA) is 58.6 Å². The second-order valence-electron chi connectivity index (χ2n) is 8.07. The van der Waals surface area contributed by atoms with E-state index in [2.05, 4.69) is 24.4 Å². The van der Waals surface area contributed by atoms with Crippen molar-refractivity contribution in [3.63, 3.8) is 0 Å². The van der Waals surface area contributed by atoms with Crippen molar-refractivity contribution in [1.82, 2.24) is 5.32 Å². The Labute approximate surface area is 194 Å². The van der Waals surface area contributed by atoms with Gasteiger partial charge in [-0.15, -0.1) is 0 Å². The van der Waals surface area contributed by atoms with E-state index in [9.17, 15) is 9.90 Å². The number of carbonyl (C=O) groups excluding carboxylic acids is 1. The van der Waals surface area contributed by atoms with Crippen molar-refractivity contribution in [3.8, 4) is 11.5 Å². The predicted octanol–water partition coefficient (Wildman–Crippen LogP) is 6.81. The Morgan fingerprint density at radius 2 is 1.66 bits per heavy atom. The van der Waals surface area contributed by atoms with Gasteiger partial charge in [0, 0.05) is 12.5 Å². The van der Waals surface area contributed by atoms with Crippen molar-refractivity contribution in [2.24, 2.45) is 0 Å². The van der Waals surface area contributed by atoms with Crippen molar-refractivity contribution < 1.29 is 14.6 Å². The fraction of sp³-hybridized carbons (Fsp3) is 0.464. The van der Waals surface area contributed by atoms with Gasteiger partial charge in [-0.1, -0.05) is 93.7 Å². The van der Waals surface area contributed by atoms with Crippen LogP contribution in [0.25, 0.3) is 0 Å². The van der Waals surface area contributed by atoms with Crippen LogP contribution in [0.5, 0.6) is 11.5 Å². The summed E-state index contributed by atoms with van der Waals surface area (Å²) in [5.74, 6) is 0.546. The average Bonchev–Trinajstić information content (AvgIpc) is 2.77. The maximum atomic E-state index is 12.1. The number of benzene rings is 1. The summed E-state index contributed by atoms with van der Waals surface area (Å²) < 4.78 is 5.12. The Balaban J connectivity index is 2.17. The lowest BCUT2D eigenvalue weighted by atomic mass is 10.1. The standard InChI is InChI=1S/C28H41NO3/c1-4-5-6-7-8-9-10-11-12-13-14-15-16-17-18-19-28(31)29-24(2)22-25-20-21-26(30)27(23-25)32-3/h11-18,20-21,23-24,30H,4-10,19,22H2,1-3H3,(H,29,31)/b12-11+,14-13-,16-15+,18-17+. The van der Waals surface area contributed by atoms with Crippen molar-refractivity contribution in [2.75, 3.05) is 7.11 Å². The minimum atomic E-state index is -0.0129. The monoisotopic (exact) mass is 439 g/mol.